The number of aryl methyl sites for hydroxylation is 1. The predicted octanol–water partition coefficient (Wildman–Crippen LogP) is 3.00. The zero-order valence-electron chi connectivity index (χ0n) is 15.7. The Bertz CT molecular complexity index is 898. The van der Waals surface area contributed by atoms with Crippen molar-refractivity contribution in [1.29, 1.82) is 0 Å². The number of rotatable bonds is 9. The summed E-state index contributed by atoms with van der Waals surface area (Å²) in [6.07, 6.45) is 0. The highest BCUT2D eigenvalue weighted by molar-refractivity contribution is 7.92. The first-order valence-corrected chi connectivity index (χ1v) is 11.2. The first-order valence-electron chi connectivity index (χ1n) is 8.31. The van der Waals surface area contributed by atoms with Crippen LogP contribution in [0.3, 0.4) is 0 Å². The molecule has 0 aliphatic heterocycles. The van der Waals surface area contributed by atoms with Gasteiger partial charge >= 0.3 is 0 Å². The van der Waals surface area contributed by atoms with E-state index in [4.69, 9.17) is 5.53 Å². The second-order valence-electron chi connectivity index (χ2n) is 5.45. The van der Waals surface area contributed by atoms with Crippen LogP contribution in [0, 0.1) is 6.92 Å². The van der Waals surface area contributed by atoms with Gasteiger partial charge in [-0.15, -0.1) is 0 Å². The van der Waals surface area contributed by atoms with Crippen molar-refractivity contribution in [3.63, 3.8) is 0 Å². The Morgan fingerprint density at radius 2 is 1.27 bits per heavy atom. The number of hydrogen-bond acceptors (Lipinski definition) is 5. The zero-order chi connectivity index (χ0) is 20.1. The maximum Gasteiger partial charge on any atom is 0.244 e. The summed E-state index contributed by atoms with van der Waals surface area (Å²) in [5.74, 6) is 0. The minimum atomic E-state index is -4.08. The summed E-state index contributed by atoms with van der Waals surface area (Å²) in [4.78, 5) is 2.01. The van der Waals surface area contributed by atoms with E-state index in [1.165, 1.54) is 14.7 Å². The Labute approximate surface area is 155 Å². The van der Waals surface area contributed by atoms with Crippen LogP contribution in [0.15, 0.2) is 27.0 Å². The van der Waals surface area contributed by atoms with Gasteiger partial charge in [-0.2, -0.15) is 8.61 Å². The summed E-state index contributed by atoms with van der Waals surface area (Å²) in [5, 5.41) is 3.49. The minimum Gasteiger partial charge on any atom is -0.207 e. The van der Waals surface area contributed by atoms with E-state index in [1.807, 2.05) is 0 Å². The Balaban J connectivity index is 3.93. The molecule has 0 saturated carbocycles. The van der Waals surface area contributed by atoms with Gasteiger partial charge in [0.2, 0.25) is 20.0 Å². The van der Waals surface area contributed by atoms with Crippen molar-refractivity contribution in [1.82, 2.24) is 8.61 Å². The van der Waals surface area contributed by atoms with Crippen LogP contribution < -0.4 is 0 Å². The van der Waals surface area contributed by atoms with Crippen LogP contribution in [0.25, 0.3) is 10.4 Å². The number of azide groups is 1. The van der Waals surface area contributed by atoms with E-state index in [2.05, 4.69) is 10.0 Å². The Morgan fingerprint density at radius 3 is 1.62 bits per heavy atom. The molecule has 0 spiro atoms. The smallest absolute Gasteiger partial charge is 0.207 e. The van der Waals surface area contributed by atoms with Crippen molar-refractivity contribution in [2.45, 2.75) is 44.4 Å². The summed E-state index contributed by atoms with van der Waals surface area (Å²) in [7, 11) is -8.10. The van der Waals surface area contributed by atoms with Crippen molar-refractivity contribution < 1.29 is 16.8 Å². The number of nitrogens with zero attached hydrogens (tertiary/aromatic N) is 5. The quantitative estimate of drug-likeness (QED) is 0.357. The van der Waals surface area contributed by atoms with Crippen molar-refractivity contribution >= 4 is 25.7 Å². The predicted molar refractivity (Wildman–Crippen MR) is 100 cm³/mol. The lowest BCUT2D eigenvalue weighted by Gasteiger charge is -2.24. The van der Waals surface area contributed by atoms with E-state index >= 15 is 0 Å². The van der Waals surface area contributed by atoms with Crippen molar-refractivity contribution in [3.8, 4) is 0 Å². The Morgan fingerprint density at radius 1 is 0.885 bits per heavy atom. The monoisotopic (exact) mass is 403 g/mol. The highest BCUT2D eigenvalue weighted by Crippen LogP contribution is 2.33. The second kappa shape index (κ2) is 8.83. The van der Waals surface area contributed by atoms with E-state index in [0.717, 1.165) is 6.07 Å². The highest BCUT2D eigenvalue weighted by Gasteiger charge is 2.33. The molecule has 0 atom stereocenters. The van der Waals surface area contributed by atoms with Crippen molar-refractivity contribution in [2.24, 2.45) is 5.11 Å². The second-order valence-corrected chi connectivity index (χ2v) is 9.27. The van der Waals surface area contributed by atoms with Gasteiger partial charge in [-0.25, -0.2) is 16.8 Å². The van der Waals surface area contributed by atoms with Crippen molar-refractivity contribution in [2.75, 3.05) is 26.2 Å². The van der Waals surface area contributed by atoms with Gasteiger partial charge in [0, 0.05) is 36.8 Å². The largest absolute Gasteiger partial charge is 0.244 e. The maximum absolute atomic E-state index is 13.0. The third-order valence-electron chi connectivity index (χ3n) is 4.06. The molecular weight excluding hydrogens is 378 g/mol. The van der Waals surface area contributed by atoms with Crippen molar-refractivity contribution in [3.05, 3.63) is 28.1 Å². The molecule has 0 fully saturated rings. The lowest BCUT2D eigenvalue weighted by atomic mass is 10.2. The van der Waals surface area contributed by atoms with Gasteiger partial charge in [0.25, 0.3) is 0 Å². The molecular formula is C15H25N5O4S2. The summed E-state index contributed by atoms with van der Waals surface area (Å²) in [6, 6.07) is 2.40. The van der Waals surface area contributed by atoms with Gasteiger partial charge < -0.3 is 0 Å². The van der Waals surface area contributed by atoms with Crippen LogP contribution in [0.5, 0.6) is 0 Å². The Hall–Kier alpha value is -1.65. The molecule has 0 aliphatic rings. The molecule has 26 heavy (non-hydrogen) atoms. The van der Waals surface area contributed by atoms with Crippen LogP contribution in [0.4, 0.5) is 5.69 Å². The van der Waals surface area contributed by atoms with E-state index in [0.29, 0.717) is 5.56 Å². The minimum absolute atomic E-state index is 0.0803. The van der Waals surface area contributed by atoms with E-state index in [1.54, 1.807) is 34.6 Å². The standard InChI is InChI=1S/C15H25N5O4S2/c1-6-19(7-2)25(21,22)14-10-12(5)13(17-18-16)11-15(14)26(23,24)20(8-3)9-4/h10-11H,6-9H2,1-5H3. The molecule has 1 rings (SSSR count). The van der Waals surface area contributed by atoms with Crippen LogP contribution >= 0.6 is 0 Å². The molecule has 0 N–H and O–H groups in total. The van der Waals surface area contributed by atoms with Crippen LogP contribution in [0.2, 0.25) is 0 Å². The molecule has 11 heteroatoms. The Kier molecular flexibility index (Phi) is 7.60. The molecule has 146 valence electrons. The third-order valence-corrected chi connectivity index (χ3v) is 8.37. The molecule has 1 aromatic rings. The summed E-state index contributed by atoms with van der Waals surface area (Å²) in [6.45, 7) is 9.06. The first-order chi connectivity index (χ1) is 12.1. The third kappa shape index (κ3) is 4.18. The number of benzene rings is 1. The van der Waals surface area contributed by atoms with E-state index in [-0.39, 0.29) is 41.7 Å². The van der Waals surface area contributed by atoms with Gasteiger partial charge in [-0.3, -0.25) is 0 Å². The van der Waals surface area contributed by atoms with Gasteiger partial charge in [0.15, 0.2) is 0 Å². The zero-order valence-corrected chi connectivity index (χ0v) is 17.3. The first kappa shape index (κ1) is 22.4. The fourth-order valence-electron chi connectivity index (χ4n) is 2.62. The van der Waals surface area contributed by atoms with Gasteiger partial charge in [0.1, 0.15) is 9.79 Å². The van der Waals surface area contributed by atoms with Crippen LogP contribution in [-0.2, 0) is 20.0 Å². The molecule has 1 aromatic carbocycles. The molecule has 0 heterocycles. The summed E-state index contributed by atoms with van der Waals surface area (Å²) < 4.78 is 54.5. The fourth-order valence-corrected chi connectivity index (χ4v) is 6.38. The van der Waals surface area contributed by atoms with Gasteiger partial charge in [0.05, 0.1) is 0 Å². The molecule has 0 bridgehead atoms. The number of sulfonamides is 2. The number of hydrogen-bond donors (Lipinski definition) is 0. The average Bonchev–Trinajstić information content (AvgIpc) is 2.58. The molecule has 9 nitrogen and oxygen atoms in total. The summed E-state index contributed by atoms with van der Waals surface area (Å²) >= 11 is 0. The average molecular weight is 404 g/mol. The molecule has 0 saturated heterocycles. The van der Waals surface area contributed by atoms with Gasteiger partial charge in [-0.1, -0.05) is 32.8 Å². The van der Waals surface area contributed by atoms with E-state index in [9.17, 15) is 16.8 Å². The summed E-state index contributed by atoms with van der Waals surface area (Å²) in [5.41, 5.74) is 9.17. The highest BCUT2D eigenvalue weighted by atomic mass is 32.2. The molecule has 0 unspecified atom stereocenters. The molecule has 0 aliphatic carbocycles. The molecule has 0 amide bonds. The molecule has 0 aromatic heterocycles. The van der Waals surface area contributed by atoms with Crippen LogP contribution in [0.1, 0.15) is 33.3 Å². The van der Waals surface area contributed by atoms with Crippen LogP contribution in [-0.4, -0.2) is 51.6 Å². The fraction of sp³-hybridized carbons (Fsp3) is 0.600. The lowest BCUT2D eigenvalue weighted by Crippen LogP contribution is -2.35. The topological polar surface area (TPSA) is 124 Å². The maximum atomic E-state index is 13.0. The molecule has 0 radical (unpaired) electrons. The van der Waals surface area contributed by atoms with Gasteiger partial charge in [-0.05, 0) is 30.2 Å². The van der Waals surface area contributed by atoms with E-state index < -0.39 is 20.0 Å². The lowest BCUT2D eigenvalue weighted by molar-refractivity contribution is 0.434. The normalized spacial score (nSPS) is 12.4. The SMILES string of the molecule is CCN(CC)S(=O)(=O)c1cc(C)c(N=[N+]=[N-])cc1S(=O)(=O)N(CC)CC.